The van der Waals surface area contributed by atoms with Crippen LogP contribution in [-0.4, -0.2) is 20.7 Å². The van der Waals surface area contributed by atoms with E-state index in [2.05, 4.69) is 10.3 Å². The van der Waals surface area contributed by atoms with Gasteiger partial charge in [0.15, 0.2) is 0 Å². The third kappa shape index (κ3) is 4.14. The molecule has 1 N–H and O–H groups in total. The number of imidazole rings is 1. The van der Waals surface area contributed by atoms with Gasteiger partial charge in [0.2, 0.25) is 0 Å². The quantitative estimate of drug-likeness (QED) is 0.672. The second kappa shape index (κ2) is 7.61. The Balaban J connectivity index is 1.83. The van der Waals surface area contributed by atoms with E-state index in [4.69, 9.17) is 0 Å². The van der Waals surface area contributed by atoms with E-state index in [1.165, 1.54) is 12.1 Å². The van der Waals surface area contributed by atoms with Crippen molar-refractivity contribution in [3.63, 3.8) is 0 Å². The van der Waals surface area contributed by atoms with E-state index in [0.29, 0.717) is 30.1 Å². The van der Waals surface area contributed by atoms with Crippen molar-refractivity contribution in [3.05, 3.63) is 64.7 Å². The van der Waals surface area contributed by atoms with E-state index >= 15 is 0 Å². The summed E-state index contributed by atoms with van der Waals surface area (Å²) >= 11 is 0. The van der Waals surface area contributed by atoms with Crippen LogP contribution in [0.1, 0.15) is 19.4 Å². The summed E-state index contributed by atoms with van der Waals surface area (Å²) in [7, 11) is 0. The summed E-state index contributed by atoms with van der Waals surface area (Å²) in [5, 5.41) is 4.18. The summed E-state index contributed by atoms with van der Waals surface area (Å²) in [6.07, 6.45) is 5.41. The van der Waals surface area contributed by atoms with Crippen molar-refractivity contribution < 1.29 is 4.39 Å². The predicted octanol–water partition coefficient (Wildman–Crippen LogP) is 2.78. The lowest BCUT2D eigenvalue weighted by molar-refractivity contribution is 0.517. The SMILES string of the molecule is CC(C)Cn1c(=O)c(CNCCn2ccnc2)cc2ccc(F)cc21. The number of nitrogens with zero attached hydrogens (tertiary/aromatic N) is 3. The molecule has 0 unspecified atom stereocenters. The number of nitrogens with one attached hydrogen (secondary N) is 1. The van der Waals surface area contributed by atoms with E-state index in [0.717, 1.165) is 18.5 Å². The van der Waals surface area contributed by atoms with Crippen LogP contribution < -0.4 is 10.9 Å². The fourth-order valence-electron chi connectivity index (χ4n) is 2.93. The second-order valence-electron chi connectivity index (χ2n) is 6.66. The summed E-state index contributed by atoms with van der Waals surface area (Å²) in [5.41, 5.74) is 1.30. The molecule has 0 saturated carbocycles. The maximum absolute atomic E-state index is 13.6. The van der Waals surface area contributed by atoms with E-state index in [1.807, 2.05) is 30.7 Å². The molecule has 0 atom stereocenters. The van der Waals surface area contributed by atoms with Crippen LogP contribution in [0.3, 0.4) is 0 Å². The average molecular weight is 342 g/mol. The molecule has 0 amide bonds. The van der Waals surface area contributed by atoms with Crippen LogP contribution in [-0.2, 0) is 19.6 Å². The largest absolute Gasteiger partial charge is 0.336 e. The van der Waals surface area contributed by atoms with Gasteiger partial charge < -0.3 is 14.5 Å². The van der Waals surface area contributed by atoms with Crippen LogP contribution in [0, 0.1) is 11.7 Å². The van der Waals surface area contributed by atoms with Crippen LogP contribution in [0.2, 0.25) is 0 Å². The van der Waals surface area contributed by atoms with Gasteiger partial charge in [-0.05, 0) is 35.6 Å². The minimum absolute atomic E-state index is 0.0538. The highest BCUT2D eigenvalue weighted by molar-refractivity contribution is 5.79. The number of hydrogen-bond acceptors (Lipinski definition) is 3. The van der Waals surface area contributed by atoms with E-state index in [-0.39, 0.29) is 11.4 Å². The van der Waals surface area contributed by atoms with Gasteiger partial charge in [-0.1, -0.05) is 13.8 Å². The predicted molar refractivity (Wildman–Crippen MR) is 96.9 cm³/mol. The first-order chi connectivity index (χ1) is 12.0. The summed E-state index contributed by atoms with van der Waals surface area (Å²) in [6, 6.07) is 6.46. The van der Waals surface area contributed by atoms with Gasteiger partial charge in [-0.15, -0.1) is 0 Å². The molecular formula is C19H23FN4O. The van der Waals surface area contributed by atoms with Crippen LogP contribution in [0.5, 0.6) is 0 Å². The lowest BCUT2D eigenvalue weighted by Gasteiger charge is -2.15. The molecule has 1 aromatic carbocycles. The van der Waals surface area contributed by atoms with Crippen LogP contribution in [0.15, 0.2) is 47.8 Å². The maximum atomic E-state index is 13.6. The Morgan fingerprint density at radius 1 is 1.28 bits per heavy atom. The van der Waals surface area contributed by atoms with Crippen LogP contribution >= 0.6 is 0 Å². The van der Waals surface area contributed by atoms with Crippen molar-refractivity contribution in [1.82, 2.24) is 19.4 Å². The minimum atomic E-state index is -0.324. The number of pyridine rings is 1. The van der Waals surface area contributed by atoms with Gasteiger partial charge in [-0.3, -0.25) is 4.79 Å². The molecule has 0 spiro atoms. The molecule has 0 bridgehead atoms. The van der Waals surface area contributed by atoms with Gasteiger partial charge in [0, 0.05) is 44.1 Å². The fraction of sp³-hybridized carbons (Fsp3) is 0.368. The molecule has 2 heterocycles. The Hall–Kier alpha value is -2.47. The lowest BCUT2D eigenvalue weighted by atomic mass is 10.1. The van der Waals surface area contributed by atoms with Crippen molar-refractivity contribution in [3.8, 4) is 0 Å². The highest BCUT2D eigenvalue weighted by Gasteiger charge is 2.11. The molecule has 0 fully saturated rings. The summed E-state index contributed by atoms with van der Waals surface area (Å²) in [6.45, 7) is 6.68. The number of hydrogen-bond donors (Lipinski definition) is 1. The first kappa shape index (κ1) is 17.4. The minimum Gasteiger partial charge on any atom is -0.336 e. The molecule has 0 aliphatic heterocycles. The monoisotopic (exact) mass is 342 g/mol. The number of aromatic nitrogens is 3. The zero-order valence-electron chi connectivity index (χ0n) is 14.6. The molecule has 5 nitrogen and oxygen atoms in total. The molecule has 0 saturated heterocycles. The number of benzene rings is 1. The standard InChI is InChI=1S/C19H23FN4O/c1-14(2)12-24-18-10-17(20)4-3-15(18)9-16(19(24)25)11-21-5-7-23-8-6-22-13-23/h3-4,6,8-10,13-14,21H,5,7,11-12H2,1-2H3. The highest BCUT2D eigenvalue weighted by Crippen LogP contribution is 2.16. The van der Waals surface area contributed by atoms with Crippen molar-refractivity contribution in [2.24, 2.45) is 5.92 Å². The van der Waals surface area contributed by atoms with Crippen LogP contribution in [0.4, 0.5) is 4.39 Å². The second-order valence-corrected chi connectivity index (χ2v) is 6.66. The molecule has 0 radical (unpaired) electrons. The Kier molecular flexibility index (Phi) is 5.28. The zero-order valence-corrected chi connectivity index (χ0v) is 14.6. The van der Waals surface area contributed by atoms with E-state index < -0.39 is 0 Å². The zero-order chi connectivity index (χ0) is 17.8. The van der Waals surface area contributed by atoms with E-state index in [9.17, 15) is 9.18 Å². The maximum Gasteiger partial charge on any atom is 0.255 e. The summed E-state index contributed by atoms with van der Waals surface area (Å²) in [4.78, 5) is 16.8. The van der Waals surface area contributed by atoms with E-state index in [1.54, 1.807) is 23.2 Å². The molecular weight excluding hydrogens is 319 g/mol. The first-order valence-corrected chi connectivity index (χ1v) is 8.53. The molecule has 3 rings (SSSR count). The summed E-state index contributed by atoms with van der Waals surface area (Å²) in [5.74, 6) is -0.0239. The molecule has 0 aliphatic rings. The molecule has 0 aliphatic carbocycles. The fourth-order valence-corrected chi connectivity index (χ4v) is 2.93. The molecule has 2 aromatic heterocycles. The van der Waals surface area contributed by atoms with Crippen molar-refractivity contribution in [1.29, 1.82) is 0 Å². The molecule has 3 aromatic rings. The Morgan fingerprint density at radius 3 is 2.84 bits per heavy atom. The van der Waals surface area contributed by atoms with Crippen molar-refractivity contribution in [2.75, 3.05) is 6.54 Å². The Morgan fingerprint density at radius 2 is 2.12 bits per heavy atom. The molecule has 132 valence electrons. The molecule has 6 heteroatoms. The van der Waals surface area contributed by atoms with Crippen molar-refractivity contribution >= 4 is 10.9 Å². The van der Waals surface area contributed by atoms with Gasteiger partial charge in [0.1, 0.15) is 5.82 Å². The average Bonchev–Trinajstić information content (AvgIpc) is 3.08. The smallest absolute Gasteiger partial charge is 0.255 e. The molecule has 25 heavy (non-hydrogen) atoms. The summed E-state index contributed by atoms with van der Waals surface area (Å²) < 4.78 is 17.3. The van der Waals surface area contributed by atoms with Crippen LogP contribution in [0.25, 0.3) is 10.9 Å². The number of halogens is 1. The third-order valence-electron chi connectivity index (χ3n) is 4.10. The van der Waals surface area contributed by atoms with Gasteiger partial charge in [-0.2, -0.15) is 0 Å². The third-order valence-corrected chi connectivity index (χ3v) is 4.10. The number of fused-ring (bicyclic) bond motifs is 1. The first-order valence-electron chi connectivity index (χ1n) is 8.53. The topological polar surface area (TPSA) is 51.9 Å². The normalized spacial score (nSPS) is 11.5. The van der Waals surface area contributed by atoms with Gasteiger partial charge in [0.25, 0.3) is 5.56 Å². The van der Waals surface area contributed by atoms with Crippen molar-refractivity contribution in [2.45, 2.75) is 33.5 Å². The van der Waals surface area contributed by atoms with Gasteiger partial charge >= 0.3 is 0 Å². The highest BCUT2D eigenvalue weighted by atomic mass is 19.1. The van der Waals surface area contributed by atoms with Gasteiger partial charge in [0.05, 0.1) is 11.8 Å². The Bertz CT molecular complexity index is 900. The Labute approximate surface area is 146 Å². The lowest BCUT2D eigenvalue weighted by Crippen LogP contribution is -2.30. The number of rotatable bonds is 7. The van der Waals surface area contributed by atoms with Gasteiger partial charge in [-0.25, -0.2) is 9.37 Å².